The minimum Gasteiger partial charge on any atom is -0.478 e. The van der Waals surface area contributed by atoms with Crippen molar-refractivity contribution >= 4 is 40.1 Å². The lowest BCUT2D eigenvalue weighted by Gasteiger charge is -2.26. The highest BCUT2D eigenvalue weighted by Gasteiger charge is 2.24. The van der Waals surface area contributed by atoms with Crippen LogP contribution in [0.4, 0.5) is 5.00 Å². The average Bonchev–Trinajstić information content (AvgIpc) is 3.47. The van der Waals surface area contributed by atoms with E-state index in [2.05, 4.69) is 40.2 Å². The highest BCUT2D eigenvalue weighted by atomic mass is 35.5. The number of rotatable bonds is 6. The van der Waals surface area contributed by atoms with Crippen molar-refractivity contribution in [3.8, 4) is 17.4 Å². The van der Waals surface area contributed by atoms with Gasteiger partial charge in [0.2, 0.25) is 0 Å². The van der Waals surface area contributed by atoms with E-state index in [0.29, 0.717) is 27.6 Å². The molecule has 4 aromatic rings. The maximum Gasteiger partial charge on any atom is 0.337 e. The number of halogens is 1. The number of aromatic carboxylic acids is 1. The van der Waals surface area contributed by atoms with E-state index in [9.17, 15) is 10.1 Å². The molecule has 0 saturated carbocycles. The number of nitriles is 1. The summed E-state index contributed by atoms with van der Waals surface area (Å²) in [4.78, 5) is 19.3. The lowest BCUT2D eigenvalue weighted by molar-refractivity contribution is 0.0697. The topological polar surface area (TPSA) is 89.8 Å². The summed E-state index contributed by atoms with van der Waals surface area (Å²) in [6, 6.07) is 20.9. The lowest BCUT2D eigenvalue weighted by Crippen LogP contribution is -2.29. The minimum absolute atomic E-state index is 0.0387. The molecule has 6 nitrogen and oxygen atoms in total. The van der Waals surface area contributed by atoms with Gasteiger partial charge in [0.25, 0.3) is 0 Å². The van der Waals surface area contributed by atoms with Gasteiger partial charge in [-0.3, -0.25) is 4.90 Å². The van der Waals surface area contributed by atoms with Gasteiger partial charge in [0.15, 0.2) is 0 Å². The molecule has 0 saturated heterocycles. The number of carboxylic acids is 1. The zero-order valence-corrected chi connectivity index (χ0v) is 20.1. The first-order valence-electron chi connectivity index (χ1n) is 11.0. The molecule has 1 aliphatic heterocycles. The molecule has 2 aromatic carbocycles. The van der Waals surface area contributed by atoms with Crippen molar-refractivity contribution in [2.24, 2.45) is 4.99 Å². The number of aliphatic imine (C=N–C) groups is 1. The molecule has 0 radical (unpaired) electrons. The Hall–Kier alpha value is -3.70. The highest BCUT2D eigenvalue weighted by molar-refractivity contribution is 7.16. The first-order chi connectivity index (χ1) is 17.0. The van der Waals surface area contributed by atoms with Gasteiger partial charge >= 0.3 is 5.97 Å². The van der Waals surface area contributed by atoms with E-state index in [-0.39, 0.29) is 10.6 Å². The monoisotopic (exact) mass is 501 g/mol. The van der Waals surface area contributed by atoms with E-state index in [1.807, 2.05) is 6.07 Å². The third-order valence-electron chi connectivity index (χ3n) is 5.90. The van der Waals surface area contributed by atoms with E-state index >= 15 is 0 Å². The molecule has 0 unspecified atom stereocenters. The number of hydrogen-bond acceptors (Lipinski definition) is 6. The van der Waals surface area contributed by atoms with Crippen LogP contribution in [-0.4, -0.2) is 28.7 Å². The SMILES string of the molecule is N#Cc1c(N=Cc2ccc(-c3ccc(C(=O)O)c(Cl)c3)o2)sc2c1CCN(Cc1ccccc1)C2. The number of hydrogen-bond donors (Lipinski definition) is 1. The molecule has 0 fully saturated rings. The maximum atomic E-state index is 11.2. The van der Waals surface area contributed by atoms with Gasteiger partial charge in [-0.2, -0.15) is 5.26 Å². The van der Waals surface area contributed by atoms with Crippen molar-refractivity contribution in [1.29, 1.82) is 5.26 Å². The van der Waals surface area contributed by atoms with Gasteiger partial charge in [0.1, 0.15) is 22.6 Å². The maximum absolute atomic E-state index is 11.2. The van der Waals surface area contributed by atoms with Crippen LogP contribution in [0.15, 0.2) is 70.1 Å². The Morgan fingerprint density at radius 1 is 1.23 bits per heavy atom. The molecule has 8 heteroatoms. The van der Waals surface area contributed by atoms with Gasteiger partial charge < -0.3 is 9.52 Å². The Morgan fingerprint density at radius 3 is 2.80 bits per heavy atom. The van der Waals surface area contributed by atoms with Crippen LogP contribution in [0.5, 0.6) is 0 Å². The van der Waals surface area contributed by atoms with Crippen LogP contribution in [0.25, 0.3) is 11.3 Å². The summed E-state index contributed by atoms with van der Waals surface area (Å²) in [5.41, 5.74) is 3.73. The summed E-state index contributed by atoms with van der Waals surface area (Å²) in [5, 5.41) is 19.8. The predicted molar refractivity (Wildman–Crippen MR) is 137 cm³/mol. The van der Waals surface area contributed by atoms with Gasteiger partial charge in [-0.15, -0.1) is 11.3 Å². The standard InChI is InChI=1S/C27H20ClN3O3S/c28-23-12-18(6-8-21(23)27(32)33)24-9-7-19(34-24)14-30-26-22(13-29)20-10-11-31(16-25(20)35-26)15-17-4-2-1-3-5-17/h1-9,12,14H,10-11,15-16H2,(H,32,33). The third-order valence-corrected chi connectivity index (χ3v) is 7.34. The van der Waals surface area contributed by atoms with E-state index in [4.69, 9.17) is 21.1 Å². The Labute approximate surface area is 211 Å². The van der Waals surface area contributed by atoms with Crippen LogP contribution >= 0.6 is 22.9 Å². The summed E-state index contributed by atoms with van der Waals surface area (Å²) in [6.07, 6.45) is 2.44. The summed E-state index contributed by atoms with van der Waals surface area (Å²) < 4.78 is 5.86. The zero-order chi connectivity index (χ0) is 24.4. The number of nitrogens with zero attached hydrogens (tertiary/aromatic N) is 3. The van der Waals surface area contributed by atoms with Crippen molar-refractivity contribution in [2.75, 3.05) is 6.54 Å². The second-order valence-electron chi connectivity index (χ2n) is 8.20. The Balaban J connectivity index is 1.33. The molecule has 35 heavy (non-hydrogen) atoms. The molecule has 0 aliphatic carbocycles. The minimum atomic E-state index is -1.08. The van der Waals surface area contributed by atoms with Gasteiger partial charge in [0, 0.05) is 30.1 Å². The highest BCUT2D eigenvalue weighted by Crippen LogP contribution is 2.39. The van der Waals surface area contributed by atoms with Crippen LogP contribution < -0.4 is 0 Å². The summed E-state index contributed by atoms with van der Waals surface area (Å²) >= 11 is 7.63. The first kappa shape index (κ1) is 23.1. The average molecular weight is 502 g/mol. The number of furan rings is 1. The van der Waals surface area contributed by atoms with Crippen LogP contribution in [0.1, 0.15) is 37.7 Å². The molecule has 1 N–H and O–H groups in total. The molecule has 3 heterocycles. The van der Waals surface area contributed by atoms with Crippen LogP contribution in [0.3, 0.4) is 0 Å². The van der Waals surface area contributed by atoms with Crippen molar-refractivity contribution in [3.05, 3.63) is 98.6 Å². The molecule has 5 rings (SSSR count). The lowest BCUT2D eigenvalue weighted by atomic mass is 10.0. The molecule has 0 spiro atoms. The number of fused-ring (bicyclic) bond motifs is 1. The Morgan fingerprint density at radius 2 is 2.06 bits per heavy atom. The van der Waals surface area contributed by atoms with Gasteiger partial charge in [-0.05, 0) is 41.8 Å². The van der Waals surface area contributed by atoms with Crippen LogP contribution in [0.2, 0.25) is 5.02 Å². The first-order valence-corrected chi connectivity index (χ1v) is 12.2. The fourth-order valence-corrected chi connectivity index (χ4v) is 5.61. The number of carbonyl (C=O) groups is 1. The molecular weight excluding hydrogens is 482 g/mol. The summed E-state index contributed by atoms with van der Waals surface area (Å²) in [5.74, 6) is -0.00355. The van der Waals surface area contributed by atoms with Crippen molar-refractivity contribution in [1.82, 2.24) is 4.90 Å². The smallest absolute Gasteiger partial charge is 0.337 e. The van der Waals surface area contributed by atoms with Crippen molar-refractivity contribution in [2.45, 2.75) is 19.5 Å². The van der Waals surface area contributed by atoms with E-state index in [1.165, 1.54) is 16.5 Å². The van der Waals surface area contributed by atoms with Crippen LogP contribution in [-0.2, 0) is 19.5 Å². The third kappa shape index (κ3) is 4.91. The second kappa shape index (κ2) is 9.88. The predicted octanol–water partition coefficient (Wildman–Crippen LogP) is 6.54. The van der Waals surface area contributed by atoms with Gasteiger partial charge in [-0.25, -0.2) is 9.79 Å². The summed E-state index contributed by atoms with van der Waals surface area (Å²) in [7, 11) is 0. The van der Waals surface area contributed by atoms with Crippen LogP contribution in [0, 0.1) is 11.3 Å². The number of benzene rings is 2. The normalized spacial score (nSPS) is 13.6. The van der Waals surface area contributed by atoms with Crippen molar-refractivity contribution in [3.63, 3.8) is 0 Å². The fourth-order valence-electron chi connectivity index (χ4n) is 4.17. The van der Waals surface area contributed by atoms with E-state index in [0.717, 1.165) is 31.6 Å². The Bertz CT molecular complexity index is 1470. The number of carboxylic acid groups (broad SMARTS) is 1. The molecule has 1 aliphatic rings. The zero-order valence-electron chi connectivity index (χ0n) is 18.6. The van der Waals surface area contributed by atoms with E-state index < -0.39 is 5.97 Å². The molecule has 174 valence electrons. The molecular formula is C27H20ClN3O3S. The summed E-state index contributed by atoms with van der Waals surface area (Å²) in [6.45, 7) is 2.59. The quantitative estimate of drug-likeness (QED) is 0.303. The van der Waals surface area contributed by atoms with Gasteiger partial charge in [-0.1, -0.05) is 48.0 Å². The Kier molecular flexibility index (Phi) is 6.51. The second-order valence-corrected chi connectivity index (χ2v) is 9.69. The fraction of sp³-hybridized carbons (Fsp3) is 0.148. The largest absolute Gasteiger partial charge is 0.478 e. The molecule has 0 amide bonds. The molecule has 0 bridgehead atoms. The molecule has 0 atom stereocenters. The number of thiophene rings is 1. The van der Waals surface area contributed by atoms with Gasteiger partial charge in [0.05, 0.1) is 22.4 Å². The van der Waals surface area contributed by atoms with Crippen molar-refractivity contribution < 1.29 is 14.3 Å². The van der Waals surface area contributed by atoms with E-state index in [1.54, 1.807) is 41.8 Å². The molecule has 2 aromatic heterocycles.